The Bertz CT molecular complexity index is 1160. The molecule has 2 heterocycles. The van der Waals surface area contributed by atoms with Crippen LogP contribution in [0.4, 0.5) is 10.1 Å². The molecule has 0 unspecified atom stereocenters. The van der Waals surface area contributed by atoms with Crippen molar-refractivity contribution in [2.24, 2.45) is 5.41 Å². The largest absolute Gasteiger partial charge is 0.366 e. The van der Waals surface area contributed by atoms with Crippen molar-refractivity contribution in [1.29, 1.82) is 0 Å². The van der Waals surface area contributed by atoms with E-state index in [4.69, 9.17) is 11.6 Å². The molecule has 2 nitrogen and oxygen atoms in total. The van der Waals surface area contributed by atoms with Gasteiger partial charge in [-0.2, -0.15) is 0 Å². The molecule has 3 atom stereocenters. The highest BCUT2D eigenvalue weighted by atomic mass is 35.5. The molecule has 0 aromatic heterocycles. The van der Waals surface area contributed by atoms with Crippen LogP contribution in [0.2, 0.25) is 5.02 Å². The van der Waals surface area contributed by atoms with E-state index in [2.05, 4.69) is 80.9 Å². The van der Waals surface area contributed by atoms with Crippen molar-refractivity contribution in [3.05, 3.63) is 100 Å². The van der Waals surface area contributed by atoms with Crippen LogP contribution in [0.1, 0.15) is 56.7 Å². The van der Waals surface area contributed by atoms with Crippen LogP contribution in [-0.2, 0) is 5.41 Å². The lowest BCUT2D eigenvalue weighted by molar-refractivity contribution is 0.255. The lowest BCUT2D eigenvalue weighted by Gasteiger charge is -2.40. The van der Waals surface area contributed by atoms with E-state index in [9.17, 15) is 0 Å². The van der Waals surface area contributed by atoms with Gasteiger partial charge in [-0.05, 0) is 60.1 Å². The van der Waals surface area contributed by atoms with Crippen molar-refractivity contribution in [3.8, 4) is 0 Å². The van der Waals surface area contributed by atoms with Gasteiger partial charge >= 0.3 is 0 Å². The van der Waals surface area contributed by atoms with Crippen molar-refractivity contribution in [1.82, 2.24) is 5.32 Å². The Morgan fingerprint density at radius 1 is 1.29 bits per heavy atom. The second kappa shape index (κ2) is 9.95. The predicted molar refractivity (Wildman–Crippen MR) is 148 cm³/mol. The van der Waals surface area contributed by atoms with Crippen molar-refractivity contribution >= 4 is 17.3 Å². The Labute approximate surface area is 215 Å². The number of fused-ring (bicyclic) bond motifs is 2. The number of aryl methyl sites for hydroxylation is 1. The summed E-state index contributed by atoms with van der Waals surface area (Å²) in [7, 11) is 0. The normalized spacial score (nSPS) is 24.5. The predicted octanol–water partition coefficient (Wildman–Crippen LogP) is 7.73. The molecular weight excluding hydrogens is 455 g/mol. The zero-order valence-electron chi connectivity index (χ0n) is 21.7. The molecule has 0 radical (unpaired) electrons. The third kappa shape index (κ3) is 4.86. The highest BCUT2D eigenvalue weighted by molar-refractivity contribution is 6.30. The first-order valence-electron chi connectivity index (χ1n) is 12.6. The molecular formula is C31H38ClFN2. The number of halogens is 2. The summed E-state index contributed by atoms with van der Waals surface area (Å²) in [6.07, 6.45) is 9.14. The Kier molecular flexibility index (Phi) is 7.31. The Hall–Kier alpha value is -2.36. The summed E-state index contributed by atoms with van der Waals surface area (Å²) in [5.74, 6) is -0.307. The number of hydrogen-bond acceptors (Lipinski definition) is 2. The van der Waals surface area contributed by atoms with Gasteiger partial charge in [0.25, 0.3) is 0 Å². The summed E-state index contributed by atoms with van der Waals surface area (Å²) in [5, 5.41) is 4.03. The van der Waals surface area contributed by atoms with Crippen LogP contribution in [0.15, 0.2) is 72.9 Å². The summed E-state index contributed by atoms with van der Waals surface area (Å²) in [4.78, 5) is 2.48. The fourth-order valence-corrected chi connectivity index (χ4v) is 6.36. The zero-order valence-corrected chi connectivity index (χ0v) is 22.4. The molecule has 1 fully saturated rings. The Balaban J connectivity index is 1.90. The van der Waals surface area contributed by atoms with Crippen LogP contribution in [-0.4, -0.2) is 25.7 Å². The maximum atomic E-state index is 15.5. The van der Waals surface area contributed by atoms with Crippen LogP contribution >= 0.6 is 11.6 Å². The summed E-state index contributed by atoms with van der Waals surface area (Å²) < 4.78 is 15.5. The average Bonchev–Trinajstić information content (AvgIpc) is 3.28. The van der Waals surface area contributed by atoms with E-state index in [-0.39, 0.29) is 33.6 Å². The number of allylic oxidation sites excluding steroid dienone is 3. The van der Waals surface area contributed by atoms with E-state index in [1.54, 1.807) is 6.07 Å². The molecule has 0 aliphatic carbocycles. The highest BCUT2D eigenvalue weighted by Crippen LogP contribution is 2.56. The van der Waals surface area contributed by atoms with Crippen LogP contribution in [0.5, 0.6) is 0 Å². The maximum absolute atomic E-state index is 15.5. The van der Waals surface area contributed by atoms with E-state index >= 15 is 4.39 Å². The molecule has 1 N–H and O–H groups in total. The molecule has 1 spiro atoms. The standard InChI is InChI=1S/C31H38ClFN2/c1-7-10-22(11-8-2)19-35-20-31(24-15-14-21(3)16-27(24)35)25(18-34-28(31)17-30(4,5)6)23-12-9-13-26(32)29(23)33/h7-16,25,28,34H,1,17-20H2,2-6H3/b11-8-,22-10+/t25-,28+,31-/m1/s1. The molecule has 1 saturated heterocycles. The number of hydrogen-bond donors (Lipinski definition) is 1. The SMILES string of the molecule is C=C/C=C(\C=C/C)CN1C[C@]2(c3ccc(C)cc31)[C@H](CC(C)(C)C)NC[C@@H]2c1cccc(Cl)c1F. The van der Waals surface area contributed by atoms with Gasteiger partial charge in [-0.15, -0.1) is 0 Å². The van der Waals surface area contributed by atoms with E-state index in [0.717, 1.165) is 26.1 Å². The van der Waals surface area contributed by atoms with Crippen molar-refractivity contribution in [2.45, 2.75) is 58.4 Å². The maximum Gasteiger partial charge on any atom is 0.145 e. The second-order valence-corrected chi connectivity index (χ2v) is 11.7. The van der Waals surface area contributed by atoms with E-state index < -0.39 is 0 Å². The molecule has 186 valence electrons. The number of benzene rings is 2. The fraction of sp³-hybridized carbons (Fsp3) is 0.419. The van der Waals surface area contributed by atoms with Crippen molar-refractivity contribution in [3.63, 3.8) is 0 Å². The highest BCUT2D eigenvalue weighted by Gasteiger charge is 2.57. The molecule has 2 aliphatic rings. The van der Waals surface area contributed by atoms with Crippen LogP contribution in [0.3, 0.4) is 0 Å². The summed E-state index contributed by atoms with van der Waals surface area (Å²) >= 11 is 6.29. The van der Waals surface area contributed by atoms with Crippen molar-refractivity contribution in [2.75, 3.05) is 24.5 Å². The monoisotopic (exact) mass is 492 g/mol. The lowest BCUT2D eigenvalue weighted by atomic mass is 9.64. The lowest BCUT2D eigenvalue weighted by Crippen LogP contribution is -2.48. The summed E-state index contributed by atoms with van der Waals surface area (Å²) in [6, 6.07) is 12.4. The van der Waals surface area contributed by atoms with Crippen LogP contribution < -0.4 is 10.2 Å². The number of nitrogens with zero attached hydrogens (tertiary/aromatic N) is 1. The first kappa shape index (κ1) is 25.7. The van der Waals surface area contributed by atoms with Gasteiger partial charge in [0.2, 0.25) is 0 Å². The van der Waals surface area contributed by atoms with E-state index in [1.165, 1.54) is 22.4 Å². The van der Waals surface area contributed by atoms with Crippen LogP contribution in [0, 0.1) is 18.2 Å². The van der Waals surface area contributed by atoms with Gasteiger partial charge in [-0.1, -0.05) is 87.5 Å². The molecule has 35 heavy (non-hydrogen) atoms. The molecule has 4 rings (SSSR count). The van der Waals surface area contributed by atoms with Crippen LogP contribution in [0.25, 0.3) is 0 Å². The minimum Gasteiger partial charge on any atom is -0.366 e. The molecule has 0 bridgehead atoms. The molecule has 0 saturated carbocycles. The third-order valence-electron chi connectivity index (χ3n) is 7.52. The second-order valence-electron chi connectivity index (χ2n) is 11.3. The summed E-state index contributed by atoms with van der Waals surface area (Å²) in [6.45, 7) is 17.3. The zero-order chi connectivity index (χ0) is 25.4. The minimum absolute atomic E-state index is 0.0199. The van der Waals surface area contributed by atoms with Gasteiger partial charge in [0.05, 0.1) is 5.02 Å². The van der Waals surface area contributed by atoms with Gasteiger partial charge < -0.3 is 10.2 Å². The van der Waals surface area contributed by atoms with Gasteiger partial charge in [0, 0.05) is 42.7 Å². The number of nitrogens with one attached hydrogen (secondary N) is 1. The third-order valence-corrected chi connectivity index (χ3v) is 7.81. The average molecular weight is 493 g/mol. The fourth-order valence-electron chi connectivity index (χ4n) is 6.18. The van der Waals surface area contributed by atoms with Gasteiger partial charge in [-0.3, -0.25) is 0 Å². The van der Waals surface area contributed by atoms with Gasteiger partial charge in [-0.25, -0.2) is 4.39 Å². The molecule has 4 heteroatoms. The molecule has 2 aliphatic heterocycles. The number of rotatable bonds is 6. The smallest absolute Gasteiger partial charge is 0.145 e. The van der Waals surface area contributed by atoms with Gasteiger partial charge in [0.15, 0.2) is 0 Å². The quantitative estimate of drug-likeness (QED) is 0.415. The first-order chi connectivity index (χ1) is 16.6. The molecule has 2 aromatic rings. The summed E-state index contributed by atoms with van der Waals surface area (Å²) in [5.41, 5.74) is 5.57. The molecule has 2 aromatic carbocycles. The first-order valence-corrected chi connectivity index (χ1v) is 13.0. The molecule has 0 amide bonds. The Morgan fingerprint density at radius 2 is 2.06 bits per heavy atom. The van der Waals surface area contributed by atoms with Gasteiger partial charge in [0.1, 0.15) is 5.82 Å². The van der Waals surface area contributed by atoms with E-state index in [0.29, 0.717) is 5.56 Å². The van der Waals surface area contributed by atoms with E-state index in [1.807, 2.05) is 25.1 Å². The van der Waals surface area contributed by atoms with Crippen molar-refractivity contribution < 1.29 is 4.39 Å². The minimum atomic E-state index is -0.287. The topological polar surface area (TPSA) is 15.3 Å². The Morgan fingerprint density at radius 3 is 2.74 bits per heavy atom. The number of anilines is 1.